The van der Waals surface area contributed by atoms with Crippen molar-refractivity contribution in [2.45, 2.75) is 101 Å². The summed E-state index contributed by atoms with van der Waals surface area (Å²) in [5.74, 6) is -0.343. The van der Waals surface area contributed by atoms with Crippen LogP contribution in [-0.4, -0.2) is 59.9 Å². The Morgan fingerprint density at radius 2 is 1.78 bits per heavy atom. The molecule has 0 aromatic rings. The number of carbonyl (C=O) groups is 1. The largest absolute Gasteiger partial charge is 0.457 e. The normalized spacial score (nSPS) is 30.7. The van der Waals surface area contributed by atoms with Crippen LogP contribution >= 0.6 is 0 Å². The van der Waals surface area contributed by atoms with Gasteiger partial charge in [-0.2, -0.15) is 0 Å². The van der Waals surface area contributed by atoms with Gasteiger partial charge in [0, 0.05) is 12.8 Å². The maximum atomic E-state index is 12.2. The molecule has 2 aliphatic heterocycles. The van der Waals surface area contributed by atoms with E-state index in [0.29, 0.717) is 19.4 Å². The topological polar surface area (TPSA) is 94.5 Å². The van der Waals surface area contributed by atoms with Crippen LogP contribution in [-0.2, 0) is 24.0 Å². The van der Waals surface area contributed by atoms with E-state index in [1.54, 1.807) is 0 Å². The second kappa shape index (κ2) is 12.0. The Balaban J connectivity index is 1.65. The van der Waals surface area contributed by atoms with Gasteiger partial charge in [-0.25, -0.2) is 9.78 Å². The Morgan fingerprint density at radius 1 is 1.11 bits per heavy atom. The third kappa shape index (κ3) is 6.68. The maximum Gasteiger partial charge on any atom is 0.306 e. The van der Waals surface area contributed by atoms with Crippen molar-refractivity contribution >= 4 is 5.97 Å². The van der Waals surface area contributed by atoms with Gasteiger partial charge in [-0.1, -0.05) is 58.3 Å². The molecule has 0 spiro atoms. The Kier molecular flexibility index (Phi) is 10.00. The Labute approximate surface area is 162 Å². The van der Waals surface area contributed by atoms with Crippen LogP contribution in [0.15, 0.2) is 0 Å². The molecule has 0 aromatic heterocycles. The number of esters is 1. The van der Waals surface area contributed by atoms with Crippen LogP contribution in [0.2, 0.25) is 0 Å². The zero-order valence-electron chi connectivity index (χ0n) is 16.6. The van der Waals surface area contributed by atoms with E-state index in [2.05, 4.69) is 6.92 Å². The van der Waals surface area contributed by atoms with Gasteiger partial charge in [0.05, 0.1) is 19.8 Å². The summed E-state index contributed by atoms with van der Waals surface area (Å²) in [6.45, 7) is 2.27. The lowest BCUT2D eigenvalue weighted by molar-refractivity contribution is -0.337. The van der Waals surface area contributed by atoms with Crippen LogP contribution in [0.25, 0.3) is 0 Å². The van der Waals surface area contributed by atoms with Crippen molar-refractivity contribution in [3.8, 4) is 0 Å². The van der Waals surface area contributed by atoms with Gasteiger partial charge in [0.1, 0.15) is 12.2 Å². The first-order valence-electron chi connectivity index (χ1n) is 10.5. The molecule has 4 atom stereocenters. The van der Waals surface area contributed by atoms with E-state index in [1.165, 1.54) is 38.5 Å². The summed E-state index contributed by atoms with van der Waals surface area (Å²) < 4.78 is 11.0. The molecule has 0 unspecified atom stereocenters. The van der Waals surface area contributed by atoms with Crippen molar-refractivity contribution in [1.29, 1.82) is 0 Å². The molecule has 2 heterocycles. The zero-order chi connectivity index (χ0) is 19.5. The van der Waals surface area contributed by atoms with Gasteiger partial charge in [-0.05, 0) is 6.42 Å². The number of rotatable bonds is 13. The fourth-order valence-corrected chi connectivity index (χ4v) is 3.78. The van der Waals surface area contributed by atoms with E-state index in [0.717, 1.165) is 19.3 Å². The molecular weight excluding hydrogens is 352 g/mol. The van der Waals surface area contributed by atoms with Crippen LogP contribution < -0.4 is 0 Å². The fourth-order valence-electron chi connectivity index (χ4n) is 3.78. The highest BCUT2D eigenvalue weighted by atomic mass is 17.2. The first kappa shape index (κ1) is 22.6. The predicted octanol–water partition coefficient (Wildman–Crippen LogP) is 2.66. The van der Waals surface area contributed by atoms with Gasteiger partial charge < -0.3 is 19.7 Å². The number of hydrogen-bond donors (Lipinski definition) is 2. The van der Waals surface area contributed by atoms with Crippen LogP contribution in [0.4, 0.5) is 0 Å². The quantitative estimate of drug-likeness (QED) is 0.284. The first-order valence-corrected chi connectivity index (χ1v) is 10.5. The summed E-state index contributed by atoms with van der Waals surface area (Å²) in [5, 5.41) is 19.8. The standard InChI is InChI=1S/C20H36O7/c1-2-3-4-5-6-7-8-9-10-11-17(23)26-18-16(22)14-24-19(18)20(15-21)12-13-25-27-20/h16,18-19,21-22H,2-15H2,1H3/t16-,18+,19-,20+/m0/s1. The lowest BCUT2D eigenvalue weighted by Gasteiger charge is -2.32. The minimum absolute atomic E-state index is 0.0474. The van der Waals surface area contributed by atoms with E-state index in [-0.39, 0.29) is 19.2 Å². The van der Waals surface area contributed by atoms with Gasteiger partial charge in [-0.3, -0.25) is 4.79 Å². The van der Waals surface area contributed by atoms with Gasteiger partial charge >= 0.3 is 5.97 Å². The molecule has 2 rings (SSSR count). The lowest BCUT2D eigenvalue weighted by atomic mass is 9.90. The summed E-state index contributed by atoms with van der Waals surface area (Å²) >= 11 is 0. The molecule has 2 aliphatic rings. The van der Waals surface area contributed by atoms with Crippen molar-refractivity contribution in [1.82, 2.24) is 0 Å². The van der Waals surface area contributed by atoms with Crippen molar-refractivity contribution in [2.24, 2.45) is 0 Å². The van der Waals surface area contributed by atoms with Crippen molar-refractivity contribution in [3.05, 3.63) is 0 Å². The number of hydrogen-bond acceptors (Lipinski definition) is 7. The molecule has 0 saturated carbocycles. The summed E-state index contributed by atoms with van der Waals surface area (Å²) in [4.78, 5) is 22.3. The van der Waals surface area contributed by atoms with E-state index in [9.17, 15) is 15.0 Å². The second-order valence-corrected chi connectivity index (χ2v) is 7.73. The molecule has 0 aliphatic carbocycles. The Morgan fingerprint density at radius 3 is 2.37 bits per heavy atom. The molecule has 0 amide bonds. The number of ether oxygens (including phenoxy) is 2. The SMILES string of the molecule is CCCCCCCCCCCC(=O)O[C@@H]1[C@@H](O)CO[C@@H]1[C@]1(CO)CCOO1. The Bertz CT molecular complexity index is 423. The zero-order valence-corrected chi connectivity index (χ0v) is 16.6. The predicted molar refractivity (Wildman–Crippen MR) is 98.9 cm³/mol. The molecule has 2 fully saturated rings. The van der Waals surface area contributed by atoms with Crippen molar-refractivity contribution in [2.75, 3.05) is 19.8 Å². The summed E-state index contributed by atoms with van der Waals surface area (Å²) in [5.41, 5.74) is -1.08. The van der Waals surface area contributed by atoms with E-state index in [4.69, 9.17) is 19.2 Å². The molecule has 0 radical (unpaired) electrons. The molecule has 2 saturated heterocycles. The molecular formula is C20H36O7. The molecule has 158 valence electrons. The van der Waals surface area contributed by atoms with E-state index >= 15 is 0 Å². The number of aliphatic hydroxyl groups is 2. The first-order chi connectivity index (χ1) is 13.1. The highest BCUT2D eigenvalue weighted by Crippen LogP contribution is 2.36. The number of aliphatic hydroxyl groups excluding tert-OH is 2. The van der Waals surface area contributed by atoms with E-state index < -0.39 is 23.9 Å². The van der Waals surface area contributed by atoms with Crippen LogP contribution in [0.3, 0.4) is 0 Å². The minimum Gasteiger partial charge on any atom is -0.457 e. The van der Waals surface area contributed by atoms with Crippen LogP contribution in [0.5, 0.6) is 0 Å². The Hall–Kier alpha value is -0.730. The van der Waals surface area contributed by atoms with Gasteiger partial charge in [0.15, 0.2) is 11.7 Å². The summed E-state index contributed by atoms with van der Waals surface area (Å²) in [6.07, 6.45) is 8.87. The van der Waals surface area contributed by atoms with Gasteiger partial charge in [0.25, 0.3) is 0 Å². The average molecular weight is 389 g/mol. The summed E-state index contributed by atoms with van der Waals surface area (Å²) in [6, 6.07) is 0. The van der Waals surface area contributed by atoms with Gasteiger partial charge in [0.2, 0.25) is 0 Å². The van der Waals surface area contributed by atoms with Crippen LogP contribution in [0.1, 0.15) is 77.6 Å². The third-order valence-corrected chi connectivity index (χ3v) is 5.50. The highest BCUT2D eigenvalue weighted by Gasteiger charge is 2.55. The molecule has 0 aromatic carbocycles. The number of carbonyl (C=O) groups excluding carboxylic acids is 1. The van der Waals surface area contributed by atoms with Gasteiger partial charge in [-0.15, -0.1) is 0 Å². The minimum atomic E-state index is -1.08. The maximum absolute atomic E-state index is 12.2. The molecule has 7 nitrogen and oxygen atoms in total. The summed E-state index contributed by atoms with van der Waals surface area (Å²) in [7, 11) is 0. The molecule has 27 heavy (non-hydrogen) atoms. The molecule has 7 heteroatoms. The smallest absolute Gasteiger partial charge is 0.306 e. The number of unbranched alkanes of at least 4 members (excludes halogenated alkanes) is 8. The monoisotopic (exact) mass is 388 g/mol. The van der Waals surface area contributed by atoms with Crippen molar-refractivity contribution in [3.63, 3.8) is 0 Å². The van der Waals surface area contributed by atoms with Crippen molar-refractivity contribution < 1.29 is 34.3 Å². The molecule has 2 N–H and O–H groups in total. The fraction of sp³-hybridized carbons (Fsp3) is 0.950. The third-order valence-electron chi connectivity index (χ3n) is 5.50. The highest BCUT2D eigenvalue weighted by molar-refractivity contribution is 5.69. The molecule has 0 bridgehead atoms. The van der Waals surface area contributed by atoms with E-state index in [1.807, 2.05) is 0 Å². The second-order valence-electron chi connectivity index (χ2n) is 7.73. The average Bonchev–Trinajstić information content (AvgIpc) is 3.28. The van der Waals surface area contributed by atoms with Crippen LogP contribution in [0, 0.1) is 0 Å². The lowest BCUT2D eigenvalue weighted by Crippen LogP contribution is -2.52.